The molecule has 6 heteroatoms. The number of hydrogen-bond acceptors (Lipinski definition) is 4. The molecule has 2 unspecified atom stereocenters. The van der Waals surface area contributed by atoms with Crippen LogP contribution in [0.2, 0.25) is 0 Å². The first-order valence-corrected chi connectivity index (χ1v) is 8.54. The number of ether oxygens (including phenoxy) is 1. The molecule has 0 aromatic heterocycles. The van der Waals surface area contributed by atoms with Crippen LogP contribution in [0.25, 0.3) is 5.57 Å². The topological polar surface area (TPSA) is 73.8 Å². The zero-order chi connectivity index (χ0) is 16.3. The van der Waals surface area contributed by atoms with Crippen molar-refractivity contribution in [2.45, 2.75) is 25.2 Å². The molecular weight excluding hydrogens is 300 g/mol. The van der Waals surface area contributed by atoms with Gasteiger partial charge >= 0.3 is 0 Å². The molecule has 1 heterocycles. The molecule has 118 valence electrons. The van der Waals surface area contributed by atoms with Crippen molar-refractivity contribution in [3.05, 3.63) is 29.8 Å². The van der Waals surface area contributed by atoms with Crippen LogP contribution in [0, 0.1) is 5.92 Å². The van der Waals surface area contributed by atoms with Gasteiger partial charge in [-0.2, -0.15) is 5.10 Å². The largest absolute Gasteiger partial charge is 0.612 e. The molecule has 0 bridgehead atoms. The number of nitrogens with one attached hydrogen (secondary N) is 1. The van der Waals surface area contributed by atoms with Crippen LogP contribution < -0.4 is 10.2 Å². The van der Waals surface area contributed by atoms with E-state index in [0.717, 1.165) is 21.7 Å². The monoisotopic (exact) mass is 320 g/mol. The Balaban J connectivity index is 2.34. The fourth-order valence-corrected chi connectivity index (χ4v) is 2.85. The molecule has 2 rings (SSSR count). The molecule has 0 saturated heterocycles. The van der Waals surface area contributed by atoms with Crippen LogP contribution in [0.15, 0.2) is 34.3 Å². The van der Waals surface area contributed by atoms with Crippen LogP contribution in [0.3, 0.4) is 0 Å². The predicted molar refractivity (Wildman–Crippen MR) is 88.3 cm³/mol. The summed E-state index contributed by atoms with van der Waals surface area (Å²) in [7, 11) is 1.59. The van der Waals surface area contributed by atoms with Gasteiger partial charge in [0.15, 0.2) is 4.90 Å². The maximum atomic E-state index is 11.6. The summed E-state index contributed by atoms with van der Waals surface area (Å²) in [6, 6.07) is 5.52. The average Bonchev–Trinajstić information content (AvgIpc) is 2.49. The Kier molecular flexibility index (Phi) is 5.26. The van der Waals surface area contributed by atoms with E-state index in [1.54, 1.807) is 19.4 Å². The van der Waals surface area contributed by atoms with Gasteiger partial charge in [-0.1, -0.05) is 6.92 Å². The Hall–Kier alpha value is -1.79. The molecule has 0 aliphatic carbocycles. The van der Waals surface area contributed by atoms with Gasteiger partial charge in [-0.05, 0) is 41.9 Å². The molecular formula is C16H20N2O3S. The molecule has 0 saturated carbocycles. The van der Waals surface area contributed by atoms with E-state index >= 15 is 0 Å². The number of methoxy groups -OCH3 is 1. The van der Waals surface area contributed by atoms with Crippen LogP contribution in [0.1, 0.15) is 25.8 Å². The van der Waals surface area contributed by atoms with Crippen LogP contribution in [-0.4, -0.2) is 29.5 Å². The Morgan fingerprint density at radius 2 is 2.27 bits per heavy atom. The second-order valence-electron chi connectivity index (χ2n) is 5.32. The van der Waals surface area contributed by atoms with Gasteiger partial charge < -0.3 is 9.29 Å². The fourth-order valence-electron chi connectivity index (χ4n) is 2.32. The van der Waals surface area contributed by atoms with Gasteiger partial charge in [0.2, 0.25) is 5.91 Å². The minimum absolute atomic E-state index is 0.0605. The van der Waals surface area contributed by atoms with Crippen molar-refractivity contribution in [3.63, 3.8) is 0 Å². The Morgan fingerprint density at radius 3 is 2.86 bits per heavy atom. The summed E-state index contributed by atoms with van der Waals surface area (Å²) in [5.41, 5.74) is 5.24. The summed E-state index contributed by atoms with van der Waals surface area (Å²) in [4.78, 5) is 12.0. The number of carbonyl (C=O) groups is 1. The number of amides is 1. The number of allylic oxidation sites excluding steroid dienone is 2. The zero-order valence-corrected chi connectivity index (χ0v) is 14.0. The van der Waals surface area contributed by atoms with Crippen molar-refractivity contribution in [2.75, 3.05) is 13.4 Å². The summed E-state index contributed by atoms with van der Waals surface area (Å²) in [5.74, 6) is 0.696. The van der Waals surface area contributed by atoms with E-state index in [1.807, 2.05) is 32.1 Å². The lowest BCUT2D eigenvalue weighted by Gasteiger charge is -2.18. The first-order valence-electron chi connectivity index (χ1n) is 6.99. The van der Waals surface area contributed by atoms with E-state index < -0.39 is 11.2 Å². The minimum atomic E-state index is -1.05. The number of carbonyl (C=O) groups excluding carboxylic acids is 1. The van der Waals surface area contributed by atoms with Crippen molar-refractivity contribution >= 4 is 28.4 Å². The van der Waals surface area contributed by atoms with Gasteiger partial charge in [0.05, 0.1) is 12.8 Å². The van der Waals surface area contributed by atoms with Gasteiger partial charge in [0.25, 0.3) is 0 Å². The van der Waals surface area contributed by atoms with Crippen molar-refractivity contribution in [1.29, 1.82) is 0 Å². The Bertz CT molecular complexity index is 638. The Labute approximate surface area is 133 Å². The Morgan fingerprint density at radius 1 is 1.55 bits per heavy atom. The SMILES string of the molecule is COc1cc([S+](C)[O-])ccc1C(C)=CC1=NNC(=O)CC1C. The predicted octanol–water partition coefficient (Wildman–Crippen LogP) is 2.35. The van der Waals surface area contributed by atoms with E-state index in [2.05, 4.69) is 10.5 Å². The maximum Gasteiger partial charge on any atom is 0.240 e. The highest BCUT2D eigenvalue weighted by molar-refractivity contribution is 7.90. The quantitative estimate of drug-likeness (QED) is 0.865. The lowest BCUT2D eigenvalue weighted by molar-refractivity contribution is -0.121. The molecule has 1 aliphatic rings. The maximum absolute atomic E-state index is 11.6. The molecule has 1 aromatic rings. The van der Waals surface area contributed by atoms with Gasteiger partial charge in [-0.25, -0.2) is 5.43 Å². The van der Waals surface area contributed by atoms with Gasteiger partial charge in [0.1, 0.15) is 12.0 Å². The van der Waals surface area contributed by atoms with E-state index in [0.29, 0.717) is 12.2 Å². The highest BCUT2D eigenvalue weighted by Crippen LogP contribution is 2.29. The summed E-state index contributed by atoms with van der Waals surface area (Å²) in [5, 5.41) is 4.11. The number of rotatable bonds is 4. The first-order chi connectivity index (χ1) is 10.4. The van der Waals surface area contributed by atoms with Crippen LogP contribution in [0.4, 0.5) is 0 Å². The summed E-state index contributed by atoms with van der Waals surface area (Å²) >= 11 is -1.05. The molecule has 1 amide bonds. The molecule has 0 spiro atoms. The van der Waals surface area contributed by atoms with Crippen molar-refractivity contribution in [2.24, 2.45) is 11.0 Å². The third-order valence-electron chi connectivity index (χ3n) is 3.60. The lowest BCUT2D eigenvalue weighted by atomic mass is 9.96. The van der Waals surface area contributed by atoms with Crippen molar-refractivity contribution < 1.29 is 14.1 Å². The number of hydrazone groups is 1. The molecule has 5 nitrogen and oxygen atoms in total. The molecule has 1 N–H and O–H groups in total. The normalized spacial score (nSPS) is 20.2. The number of benzene rings is 1. The summed E-state index contributed by atoms with van der Waals surface area (Å²) in [6.07, 6.45) is 4.02. The second-order valence-corrected chi connectivity index (χ2v) is 6.70. The van der Waals surface area contributed by atoms with Crippen LogP contribution in [-0.2, 0) is 16.0 Å². The molecule has 0 radical (unpaired) electrons. The first kappa shape index (κ1) is 16.6. The zero-order valence-electron chi connectivity index (χ0n) is 13.2. The third-order valence-corrected chi connectivity index (χ3v) is 4.52. The van der Waals surface area contributed by atoms with E-state index in [1.165, 1.54) is 0 Å². The summed E-state index contributed by atoms with van der Waals surface area (Å²) < 4.78 is 17.0. The number of nitrogens with zero attached hydrogens (tertiary/aromatic N) is 1. The third kappa shape index (κ3) is 3.69. The van der Waals surface area contributed by atoms with Crippen molar-refractivity contribution in [3.8, 4) is 5.75 Å². The average molecular weight is 320 g/mol. The highest BCUT2D eigenvalue weighted by Gasteiger charge is 2.19. The van der Waals surface area contributed by atoms with E-state index in [-0.39, 0.29) is 11.8 Å². The van der Waals surface area contributed by atoms with Crippen LogP contribution in [0.5, 0.6) is 5.75 Å². The highest BCUT2D eigenvalue weighted by atomic mass is 32.2. The molecule has 22 heavy (non-hydrogen) atoms. The minimum Gasteiger partial charge on any atom is -0.612 e. The molecule has 1 aromatic carbocycles. The van der Waals surface area contributed by atoms with Gasteiger partial charge in [0, 0.05) is 24.0 Å². The molecule has 1 aliphatic heterocycles. The number of hydrogen-bond donors (Lipinski definition) is 1. The van der Waals surface area contributed by atoms with Gasteiger partial charge in [-0.15, -0.1) is 0 Å². The van der Waals surface area contributed by atoms with E-state index in [9.17, 15) is 9.35 Å². The standard InChI is InChI=1S/C16H20N2O3S/c1-10(7-14-11(2)8-16(19)18-17-14)13-6-5-12(22(4)20)9-15(13)21-3/h5-7,9,11H,8H2,1-4H3,(H,18,19). The smallest absolute Gasteiger partial charge is 0.240 e. The van der Waals surface area contributed by atoms with Gasteiger partial charge in [-0.3, -0.25) is 4.79 Å². The molecule has 0 fully saturated rings. The fraction of sp³-hybridized carbons (Fsp3) is 0.375. The molecule has 2 atom stereocenters. The second kappa shape index (κ2) is 6.98. The lowest BCUT2D eigenvalue weighted by Crippen LogP contribution is -2.30. The van der Waals surface area contributed by atoms with Crippen LogP contribution >= 0.6 is 0 Å². The summed E-state index contributed by atoms with van der Waals surface area (Å²) in [6.45, 7) is 3.94. The van der Waals surface area contributed by atoms with E-state index in [4.69, 9.17) is 4.74 Å². The van der Waals surface area contributed by atoms with Crippen molar-refractivity contribution in [1.82, 2.24) is 5.43 Å².